The van der Waals surface area contributed by atoms with Crippen LogP contribution in [0.15, 0.2) is 0 Å². The van der Waals surface area contributed by atoms with Gasteiger partial charge in [-0.3, -0.25) is 4.90 Å². The minimum absolute atomic E-state index is 0.483. The summed E-state index contributed by atoms with van der Waals surface area (Å²) in [7, 11) is 0. The van der Waals surface area contributed by atoms with Gasteiger partial charge in [-0.15, -0.1) is 0 Å². The molecule has 1 saturated heterocycles. The fourth-order valence-electron chi connectivity index (χ4n) is 2.58. The molecule has 0 aromatic rings. The van der Waals surface area contributed by atoms with E-state index in [9.17, 15) is 0 Å². The molecule has 0 bridgehead atoms. The van der Waals surface area contributed by atoms with Crippen molar-refractivity contribution in [1.82, 2.24) is 4.90 Å². The molecule has 1 aliphatic heterocycles. The van der Waals surface area contributed by atoms with E-state index in [4.69, 9.17) is 5.73 Å². The molecule has 2 rings (SSSR count). The Bertz CT molecular complexity index is 158. The summed E-state index contributed by atoms with van der Waals surface area (Å²) < 4.78 is 0. The van der Waals surface area contributed by atoms with Crippen molar-refractivity contribution in [3.63, 3.8) is 0 Å². The third kappa shape index (κ3) is 1.50. The highest BCUT2D eigenvalue weighted by molar-refractivity contribution is 4.89. The predicted octanol–water partition coefficient (Wildman–Crippen LogP) is 1.35. The van der Waals surface area contributed by atoms with Crippen molar-refractivity contribution in [1.29, 1.82) is 0 Å². The van der Waals surface area contributed by atoms with Gasteiger partial charge in [0.1, 0.15) is 0 Å². The normalized spacial score (nSPS) is 44.0. The van der Waals surface area contributed by atoms with Gasteiger partial charge in [0.15, 0.2) is 0 Å². The lowest BCUT2D eigenvalue weighted by molar-refractivity contribution is 0.0307. The highest BCUT2D eigenvalue weighted by Gasteiger charge is 2.32. The largest absolute Gasteiger partial charge is 0.328 e. The van der Waals surface area contributed by atoms with E-state index >= 15 is 0 Å². The number of nitrogens with zero attached hydrogens (tertiary/aromatic N) is 1. The molecule has 3 unspecified atom stereocenters. The Kier molecular flexibility index (Phi) is 2.37. The van der Waals surface area contributed by atoms with Crippen LogP contribution in [0.1, 0.15) is 39.0 Å². The quantitative estimate of drug-likeness (QED) is 0.640. The highest BCUT2D eigenvalue weighted by Crippen LogP contribution is 2.29. The zero-order chi connectivity index (χ0) is 8.55. The molecule has 0 spiro atoms. The average molecular weight is 168 g/mol. The zero-order valence-corrected chi connectivity index (χ0v) is 8.00. The van der Waals surface area contributed by atoms with Gasteiger partial charge in [-0.1, -0.05) is 6.42 Å². The first-order valence-electron chi connectivity index (χ1n) is 5.28. The summed E-state index contributed by atoms with van der Waals surface area (Å²) in [6.07, 6.45) is 6.61. The summed E-state index contributed by atoms with van der Waals surface area (Å²) >= 11 is 0. The van der Waals surface area contributed by atoms with Crippen LogP contribution in [0.4, 0.5) is 0 Å². The summed E-state index contributed by atoms with van der Waals surface area (Å²) in [6, 6.07) is 2.13. The predicted molar refractivity (Wildman–Crippen MR) is 51.0 cm³/mol. The standard InChI is InChI=1S/C10H20N2/c1-8-5-6-12(8)10-4-2-3-9(11)7-10/h8-10H,2-7,11H2,1H3. The highest BCUT2D eigenvalue weighted by atomic mass is 15.2. The van der Waals surface area contributed by atoms with E-state index in [2.05, 4.69) is 11.8 Å². The van der Waals surface area contributed by atoms with Crippen LogP contribution >= 0.6 is 0 Å². The molecule has 3 atom stereocenters. The van der Waals surface area contributed by atoms with Crippen molar-refractivity contribution in [2.24, 2.45) is 5.73 Å². The van der Waals surface area contributed by atoms with Crippen molar-refractivity contribution in [3.8, 4) is 0 Å². The smallest absolute Gasteiger partial charge is 0.0113 e. The lowest BCUT2D eigenvalue weighted by Gasteiger charge is -2.47. The molecule has 70 valence electrons. The van der Waals surface area contributed by atoms with E-state index in [1.54, 1.807) is 0 Å². The molecule has 2 N–H and O–H groups in total. The molecule has 0 amide bonds. The number of rotatable bonds is 1. The fraction of sp³-hybridized carbons (Fsp3) is 1.00. The van der Waals surface area contributed by atoms with Gasteiger partial charge in [0.25, 0.3) is 0 Å². The maximum Gasteiger partial charge on any atom is 0.0113 e. The maximum atomic E-state index is 5.96. The third-order valence-electron chi connectivity index (χ3n) is 3.53. The van der Waals surface area contributed by atoms with Gasteiger partial charge in [0.2, 0.25) is 0 Å². The second-order valence-corrected chi connectivity index (χ2v) is 4.46. The monoisotopic (exact) mass is 168 g/mol. The molecule has 0 aromatic heterocycles. The average Bonchev–Trinajstić information content (AvgIpc) is 2.02. The molecule has 2 aliphatic rings. The Morgan fingerprint density at radius 3 is 2.58 bits per heavy atom. The minimum Gasteiger partial charge on any atom is -0.328 e. The van der Waals surface area contributed by atoms with E-state index in [1.165, 1.54) is 38.6 Å². The van der Waals surface area contributed by atoms with Crippen LogP contribution in [-0.2, 0) is 0 Å². The molecular formula is C10H20N2. The van der Waals surface area contributed by atoms with Crippen LogP contribution < -0.4 is 5.73 Å². The molecule has 2 nitrogen and oxygen atoms in total. The molecule has 1 saturated carbocycles. The molecule has 2 heteroatoms. The van der Waals surface area contributed by atoms with E-state index in [1.807, 2.05) is 0 Å². The first kappa shape index (κ1) is 8.52. The van der Waals surface area contributed by atoms with Crippen LogP contribution in [0, 0.1) is 0 Å². The summed E-state index contributed by atoms with van der Waals surface area (Å²) in [5.41, 5.74) is 5.96. The van der Waals surface area contributed by atoms with Crippen LogP contribution in [0.2, 0.25) is 0 Å². The van der Waals surface area contributed by atoms with Gasteiger partial charge in [-0.25, -0.2) is 0 Å². The van der Waals surface area contributed by atoms with Crippen molar-refractivity contribution in [2.75, 3.05) is 6.54 Å². The topological polar surface area (TPSA) is 29.3 Å². The van der Waals surface area contributed by atoms with Gasteiger partial charge in [-0.05, 0) is 32.6 Å². The van der Waals surface area contributed by atoms with Gasteiger partial charge in [0, 0.05) is 24.7 Å². The Morgan fingerprint density at radius 1 is 1.25 bits per heavy atom. The Balaban J connectivity index is 1.86. The summed E-state index contributed by atoms with van der Waals surface area (Å²) in [5, 5.41) is 0. The fourth-order valence-corrected chi connectivity index (χ4v) is 2.58. The summed E-state index contributed by atoms with van der Waals surface area (Å²) in [5.74, 6) is 0. The lowest BCUT2D eigenvalue weighted by Crippen LogP contribution is -2.54. The molecular weight excluding hydrogens is 148 g/mol. The minimum atomic E-state index is 0.483. The van der Waals surface area contributed by atoms with Crippen LogP contribution in [0.25, 0.3) is 0 Å². The second-order valence-electron chi connectivity index (χ2n) is 4.46. The number of nitrogens with two attached hydrogens (primary N) is 1. The SMILES string of the molecule is CC1CCN1C1CCCC(N)C1. The summed E-state index contributed by atoms with van der Waals surface area (Å²) in [4.78, 5) is 2.64. The maximum absolute atomic E-state index is 5.96. The molecule has 1 heterocycles. The van der Waals surface area contributed by atoms with E-state index in [-0.39, 0.29) is 0 Å². The lowest BCUT2D eigenvalue weighted by atomic mass is 9.87. The van der Waals surface area contributed by atoms with Crippen LogP contribution in [0.3, 0.4) is 0 Å². The first-order chi connectivity index (χ1) is 5.77. The van der Waals surface area contributed by atoms with E-state index in [0.717, 1.165) is 12.1 Å². The van der Waals surface area contributed by atoms with Gasteiger partial charge >= 0.3 is 0 Å². The third-order valence-corrected chi connectivity index (χ3v) is 3.53. The Labute approximate surface area is 75.1 Å². The van der Waals surface area contributed by atoms with Gasteiger partial charge < -0.3 is 5.73 Å². The van der Waals surface area contributed by atoms with E-state index in [0.29, 0.717) is 6.04 Å². The molecule has 2 fully saturated rings. The first-order valence-corrected chi connectivity index (χ1v) is 5.28. The molecule has 0 radical (unpaired) electrons. The number of likely N-dealkylation sites (tertiary alicyclic amines) is 1. The number of hydrogen-bond acceptors (Lipinski definition) is 2. The van der Waals surface area contributed by atoms with Crippen LogP contribution in [-0.4, -0.2) is 29.6 Å². The van der Waals surface area contributed by atoms with Gasteiger partial charge in [-0.2, -0.15) is 0 Å². The van der Waals surface area contributed by atoms with Crippen molar-refractivity contribution in [3.05, 3.63) is 0 Å². The zero-order valence-electron chi connectivity index (χ0n) is 8.00. The van der Waals surface area contributed by atoms with Crippen molar-refractivity contribution in [2.45, 2.75) is 57.2 Å². The second kappa shape index (κ2) is 3.35. The number of hydrogen-bond donors (Lipinski definition) is 1. The Morgan fingerprint density at radius 2 is 2.08 bits per heavy atom. The Hall–Kier alpha value is -0.0800. The molecule has 0 aromatic carbocycles. The van der Waals surface area contributed by atoms with Crippen LogP contribution in [0.5, 0.6) is 0 Å². The van der Waals surface area contributed by atoms with E-state index < -0.39 is 0 Å². The summed E-state index contributed by atoms with van der Waals surface area (Å²) in [6.45, 7) is 3.65. The van der Waals surface area contributed by atoms with Crippen molar-refractivity contribution < 1.29 is 0 Å². The molecule has 1 aliphatic carbocycles. The van der Waals surface area contributed by atoms with Crippen molar-refractivity contribution >= 4 is 0 Å². The molecule has 12 heavy (non-hydrogen) atoms. The van der Waals surface area contributed by atoms with Gasteiger partial charge in [0.05, 0.1) is 0 Å².